The zero-order valence-corrected chi connectivity index (χ0v) is 10.5. The van der Waals surface area contributed by atoms with Crippen LogP contribution < -0.4 is 5.73 Å². The number of nitrogens with zero attached hydrogens (tertiary/aromatic N) is 2. The van der Waals surface area contributed by atoms with Crippen molar-refractivity contribution in [3.05, 3.63) is 0 Å². The van der Waals surface area contributed by atoms with Gasteiger partial charge in [-0.3, -0.25) is 4.99 Å². The first kappa shape index (κ1) is 14.2. The van der Waals surface area contributed by atoms with Gasteiger partial charge in [0.05, 0.1) is 12.3 Å². The van der Waals surface area contributed by atoms with Crippen LogP contribution in [-0.4, -0.2) is 50.4 Å². The first-order valence-corrected chi connectivity index (χ1v) is 7.04. The summed E-state index contributed by atoms with van der Waals surface area (Å²) in [6, 6.07) is 0. The number of guanidine groups is 1. The van der Waals surface area contributed by atoms with Crippen LogP contribution in [-0.2, 0) is 9.84 Å². The molecule has 0 amide bonds. The minimum absolute atomic E-state index is 0.0749. The third kappa shape index (κ3) is 5.61. The van der Waals surface area contributed by atoms with E-state index in [1.807, 2.05) is 18.7 Å². The molecule has 0 saturated carbocycles. The molecule has 0 fully saturated rings. The maximum absolute atomic E-state index is 11.2. The average Bonchev–Trinajstić information content (AvgIpc) is 2.19. The van der Waals surface area contributed by atoms with Gasteiger partial charge in [-0.2, -0.15) is 0 Å². The van der Waals surface area contributed by atoms with Crippen molar-refractivity contribution in [2.75, 3.05) is 31.1 Å². The van der Waals surface area contributed by atoms with Crippen molar-refractivity contribution < 1.29 is 8.42 Å². The highest BCUT2D eigenvalue weighted by molar-refractivity contribution is 7.91. The highest BCUT2D eigenvalue weighted by atomic mass is 32.2. The van der Waals surface area contributed by atoms with Crippen molar-refractivity contribution in [3.8, 4) is 0 Å². The Morgan fingerprint density at radius 1 is 1.27 bits per heavy atom. The Morgan fingerprint density at radius 2 is 1.80 bits per heavy atom. The Hall–Kier alpha value is -0.780. The summed E-state index contributed by atoms with van der Waals surface area (Å²) in [6.07, 6.45) is 0. The summed E-state index contributed by atoms with van der Waals surface area (Å²) >= 11 is 0. The number of hydrogen-bond acceptors (Lipinski definition) is 3. The van der Waals surface area contributed by atoms with Crippen molar-refractivity contribution in [3.63, 3.8) is 0 Å². The SMILES string of the molecule is CCN(CC)C(N)=NCCS(=O)(=O)CC. The third-order valence-electron chi connectivity index (χ3n) is 2.20. The molecular weight excluding hydrogens is 214 g/mol. The van der Waals surface area contributed by atoms with Gasteiger partial charge in [-0.1, -0.05) is 6.92 Å². The highest BCUT2D eigenvalue weighted by Crippen LogP contribution is 1.91. The van der Waals surface area contributed by atoms with Gasteiger partial charge in [-0.05, 0) is 13.8 Å². The van der Waals surface area contributed by atoms with E-state index in [4.69, 9.17) is 5.73 Å². The molecule has 0 atom stereocenters. The van der Waals surface area contributed by atoms with Crippen LogP contribution in [0.4, 0.5) is 0 Å². The highest BCUT2D eigenvalue weighted by Gasteiger charge is 2.07. The van der Waals surface area contributed by atoms with Crippen LogP contribution in [0.2, 0.25) is 0 Å². The van der Waals surface area contributed by atoms with E-state index in [0.29, 0.717) is 5.96 Å². The standard InChI is InChI=1S/C9H21N3O2S/c1-4-12(5-2)9(10)11-7-8-15(13,14)6-3/h4-8H2,1-3H3,(H2,10,11). The van der Waals surface area contributed by atoms with Crippen molar-refractivity contribution in [1.82, 2.24) is 4.90 Å². The summed E-state index contributed by atoms with van der Waals surface area (Å²) in [5, 5.41) is 0. The lowest BCUT2D eigenvalue weighted by Gasteiger charge is -2.19. The molecule has 0 saturated heterocycles. The van der Waals surface area contributed by atoms with Crippen LogP contribution in [0.1, 0.15) is 20.8 Å². The lowest BCUT2D eigenvalue weighted by atomic mass is 10.5. The second-order valence-corrected chi connectivity index (χ2v) is 5.62. The average molecular weight is 235 g/mol. The Kier molecular flexibility index (Phi) is 6.31. The van der Waals surface area contributed by atoms with Gasteiger partial charge in [0.15, 0.2) is 15.8 Å². The molecule has 0 bridgehead atoms. The van der Waals surface area contributed by atoms with Crippen molar-refractivity contribution in [2.45, 2.75) is 20.8 Å². The molecule has 5 nitrogen and oxygen atoms in total. The molecule has 6 heteroatoms. The molecule has 0 aliphatic rings. The summed E-state index contributed by atoms with van der Waals surface area (Å²) < 4.78 is 22.3. The summed E-state index contributed by atoms with van der Waals surface area (Å²) in [5.74, 6) is 0.658. The number of sulfone groups is 1. The number of nitrogens with two attached hydrogens (primary N) is 1. The topological polar surface area (TPSA) is 75.8 Å². The Bertz CT molecular complexity index is 294. The first-order chi connectivity index (χ1) is 6.96. The van der Waals surface area contributed by atoms with Crippen LogP contribution in [0.3, 0.4) is 0 Å². The van der Waals surface area contributed by atoms with Crippen molar-refractivity contribution in [1.29, 1.82) is 0 Å². The van der Waals surface area contributed by atoms with Crippen molar-refractivity contribution in [2.24, 2.45) is 10.7 Å². The first-order valence-electron chi connectivity index (χ1n) is 5.22. The number of hydrogen-bond donors (Lipinski definition) is 1. The molecule has 0 aliphatic carbocycles. The van der Waals surface area contributed by atoms with Crippen LogP contribution in [0, 0.1) is 0 Å². The Labute approximate surface area is 92.3 Å². The molecule has 0 aromatic carbocycles. The lowest BCUT2D eigenvalue weighted by molar-refractivity contribution is 0.458. The third-order valence-corrected chi connectivity index (χ3v) is 3.89. The molecular formula is C9H21N3O2S. The normalized spacial score (nSPS) is 12.9. The second kappa shape index (κ2) is 6.66. The molecule has 0 radical (unpaired) electrons. The molecule has 0 aromatic heterocycles. The smallest absolute Gasteiger partial charge is 0.191 e. The van der Waals surface area contributed by atoms with E-state index in [1.54, 1.807) is 6.92 Å². The predicted octanol–water partition coefficient (Wildman–Crippen LogP) is 0.0776. The van der Waals surface area contributed by atoms with E-state index in [9.17, 15) is 8.42 Å². The van der Waals surface area contributed by atoms with Crippen LogP contribution in [0.5, 0.6) is 0 Å². The Morgan fingerprint density at radius 3 is 2.20 bits per heavy atom. The zero-order chi connectivity index (χ0) is 11.9. The zero-order valence-electron chi connectivity index (χ0n) is 9.73. The molecule has 0 unspecified atom stereocenters. The maximum Gasteiger partial charge on any atom is 0.191 e. The summed E-state index contributed by atoms with van der Waals surface area (Å²) in [4.78, 5) is 5.93. The van der Waals surface area contributed by atoms with Gasteiger partial charge in [0, 0.05) is 18.8 Å². The van der Waals surface area contributed by atoms with Crippen LogP contribution in [0.25, 0.3) is 0 Å². The number of rotatable bonds is 6. The lowest BCUT2D eigenvalue weighted by Crippen LogP contribution is -2.37. The minimum atomic E-state index is -2.94. The summed E-state index contributed by atoms with van der Waals surface area (Å²) in [7, 11) is -2.94. The molecule has 0 aliphatic heterocycles. The molecule has 0 spiro atoms. The van der Waals surface area contributed by atoms with Gasteiger partial charge in [0.1, 0.15) is 0 Å². The monoisotopic (exact) mass is 235 g/mol. The largest absolute Gasteiger partial charge is 0.370 e. The molecule has 2 N–H and O–H groups in total. The maximum atomic E-state index is 11.2. The summed E-state index contributed by atoms with van der Waals surface area (Å²) in [6.45, 7) is 7.41. The fourth-order valence-corrected chi connectivity index (χ4v) is 1.75. The quantitative estimate of drug-likeness (QED) is 0.522. The predicted molar refractivity (Wildman–Crippen MR) is 63.7 cm³/mol. The van der Waals surface area contributed by atoms with Gasteiger partial charge < -0.3 is 10.6 Å². The van der Waals surface area contributed by atoms with Crippen molar-refractivity contribution >= 4 is 15.8 Å². The fourth-order valence-electron chi connectivity index (χ4n) is 1.09. The van der Waals surface area contributed by atoms with Gasteiger partial charge in [0.2, 0.25) is 0 Å². The van der Waals surface area contributed by atoms with E-state index in [0.717, 1.165) is 13.1 Å². The second-order valence-electron chi connectivity index (χ2n) is 3.15. The van der Waals surface area contributed by atoms with Crippen LogP contribution in [0.15, 0.2) is 4.99 Å². The molecule has 0 aromatic rings. The van der Waals surface area contributed by atoms with E-state index in [2.05, 4.69) is 4.99 Å². The summed E-state index contributed by atoms with van der Waals surface area (Å²) in [5.41, 5.74) is 5.69. The van der Waals surface area contributed by atoms with E-state index >= 15 is 0 Å². The van der Waals surface area contributed by atoms with Gasteiger partial charge in [-0.25, -0.2) is 8.42 Å². The molecule has 0 heterocycles. The van der Waals surface area contributed by atoms with Gasteiger partial charge >= 0.3 is 0 Å². The molecule has 90 valence electrons. The van der Waals surface area contributed by atoms with E-state index in [-0.39, 0.29) is 18.1 Å². The fraction of sp³-hybridized carbons (Fsp3) is 0.889. The number of aliphatic imine (C=N–C) groups is 1. The van der Waals surface area contributed by atoms with E-state index in [1.165, 1.54) is 0 Å². The Balaban J connectivity index is 4.17. The molecule has 0 rings (SSSR count). The van der Waals surface area contributed by atoms with E-state index < -0.39 is 9.84 Å². The van der Waals surface area contributed by atoms with Gasteiger partial charge in [-0.15, -0.1) is 0 Å². The van der Waals surface area contributed by atoms with Gasteiger partial charge in [0.25, 0.3) is 0 Å². The van der Waals surface area contributed by atoms with Crippen LogP contribution >= 0.6 is 0 Å². The minimum Gasteiger partial charge on any atom is -0.370 e. The molecule has 15 heavy (non-hydrogen) atoms.